The van der Waals surface area contributed by atoms with Crippen molar-refractivity contribution >= 4 is 0 Å². The van der Waals surface area contributed by atoms with Crippen LogP contribution in [0.4, 0.5) is 0 Å². The Bertz CT molecular complexity index is 246. The molecule has 3 heteroatoms. The highest BCUT2D eigenvalue weighted by Crippen LogP contribution is 2.19. The molecular formula is C16H33N3. The summed E-state index contributed by atoms with van der Waals surface area (Å²) >= 11 is 0. The van der Waals surface area contributed by atoms with E-state index in [0.717, 1.165) is 18.0 Å². The van der Waals surface area contributed by atoms with Crippen LogP contribution in [0, 0.1) is 5.92 Å². The van der Waals surface area contributed by atoms with E-state index in [9.17, 15) is 0 Å². The van der Waals surface area contributed by atoms with Gasteiger partial charge < -0.3 is 10.2 Å². The van der Waals surface area contributed by atoms with Gasteiger partial charge in [-0.25, -0.2) is 0 Å². The first-order valence-electron chi connectivity index (χ1n) is 8.38. The quantitative estimate of drug-likeness (QED) is 0.824. The van der Waals surface area contributed by atoms with E-state index in [2.05, 4.69) is 35.9 Å². The van der Waals surface area contributed by atoms with Crippen LogP contribution >= 0.6 is 0 Å². The van der Waals surface area contributed by atoms with Gasteiger partial charge in [0.2, 0.25) is 0 Å². The Balaban J connectivity index is 1.76. The second-order valence-corrected chi connectivity index (χ2v) is 6.85. The van der Waals surface area contributed by atoms with Gasteiger partial charge >= 0.3 is 0 Å². The third kappa shape index (κ3) is 4.73. The average Bonchev–Trinajstić information content (AvgIpc) is 2.39. The molecule has 1 unspecified atom stereocenters. The second-order valence-electron chi connectivity index (χ2n) is 6.85. The summed E-state index contributed by atoms with van der Waals surface area (Å²) in [5.41, 5.74) is 0. The predicted molar refractivity (Wildman–Crippen MR) is 82.6 cm³/mol. The van der Waals surface area contributed by atoms with Gasteiger partial charge in [-0.1, -0.05) is 20.8 Å². The summed E-state index contributed by atoms with van der Waals surface area (Å²) in [5.74, 6) is 0.809. The number of nitrogens with zero attached hydrogens (tertiary/aromatic N) is 2. The lowest BCUT2D eigenvalue weighted by Gasteiger charge is -2.43. The zero-order valence-electron chi connectivity index (χ0n) is 13.2. The molecule has 2 aliphatic heterocycles. The van der Waals surface area contributed by atoms with E-state index in [1.54, 1.807) is 0 Å². The summed E-state index contributed by atoms with van der Waals surface area (Å²) in [5, 5.41) is 3.70. The van der Waals surface area contributed by atoms with Gasteiger partial charge in [-0.05, 0) is 51.2 Å². The van der Waals surface area contributed by atoms with Crippen LogP contribution < -0.4 is 5.32 Å². The van der Waals surface area contributed by atoms with Crippen molar-refractivity contribution in [1.82, 2.24) is 15.1 Å². The van der Waals surface area contributed by atoms with E-state index in [4.69, 9.17) is 0 Å². The first kappa shape index (κ1) is 15.3. The lowest BCUT2D eigenvalue weighted by Crippen LogP contribution is -2.56. The van der Waals surface area contributed by atoms with E-state index < -0.39 is 0 Å². The van der Waals surface area contributed by atoms with Gasteiger partial charge in [0.05, 0.1) is 0 Å². The molecule has 2 fully saturated rings. The molecule has 1 N–H and O–H groups in total. The van der Waals surface area contributed by atoms with Gasteiger partial charge in [0.25, 0.3) is 0 Å². The molecule has 2 saturated heterocycles. The van der Waals surface area contributed by atoms with Crippen molar-refractivity contribution in [3.05, 3.63) is 0 Å². The molecule has 0 amide bonds. The summed E-state index contributed by atoms with van der Waals surface area (Å²) in [6.45, 7) is 14.6. The maximum Gasteiger partial charge on any atom is 0.0198 e. The van der Waals surface area contributed by atoms with Crippen molar-refractivity contribution in [2.75, 3.05) is 39.3 Å². The molecule has 0 aromatic heterocycles. The molecule has 0 saturated carbocycles. The molecule has 0 aromatic rings. The lowest BCUT2D eigenvalue weighted by molar-refractivity contribution is 0.0797. The average molecular weight is 267 g/mol. The van der Waals surface area contributed by atoms with Gasteiger partial charge in [0.1, 0.15) is 0 Å². The van der Waals surface area contributed by atoms with Crippen LogP contribution in [0.15, 0.2) is 0 Å². The van der Waals surface area contributed by atoms with Crippen molar-refractivity contribution in [1.29, 1.82) is 0 Å². The Morgan fingerprint density at radius 3 is 2.53 bits per heavy atom. The number of hydrogen-bond acceptors (Lipinski definition) is 3. The number of rotatable bonds is 5. The van der Waals surface area contributed by atoms with Crippen molar-refractivity contribution in [2.45, 2.75) is 58.5 Å². The Kier molecular flexibility index (Phi) is 6.11. The fraction of sp³-hybridized carbons (Fsp3) is 1.00. The summed E-state index contributed by atoms with van der Waals surface area (Å²) in [4.78, 5) is 5.41. The molecular weight excluding hydrogens is 234 g/mol. The molecule has 2 rings (SSSR count). The van der Waals surface area contributed by atoms with Crippen LogP contribution in [0.5, 0.6) is 0 Å². The fourth-order valence-corrected chi connectivity index (χ4v) is 3.73. The SMILES string of the molecule is CCCN1CCC(N2CCNC(CC(C)C)C2)CC1. The highest BCUT2D eigenvalue weighted by atomic mass is 15.2. The molecule has 2 aliphatic rings. The molecule has 0 aliphatic carbocycles. The summed E-state index contributed by atoms with van der Waals surface area (Å²) in [6, 6.07) is 1.58. The summed E-state index contributed by atoms with van der Waals surface area (Å²) < 4.78 is 0. The van der Waals surface area contributed by atoms with Gasteiger partial charge in [-0.2, -0.15) is 0 Å². The summed E-state index contributed by atoms with van der Waals surface area (Å²) in [6.07, 6.45) is 5.39. The zero-order chi connectivity index (χ0) is 13.7. The third-order valence-corrected chi connectivity index (χ3v) is 4.66. The molecule has 19 heavy (non-hydrogen) atoms. The van der Waals surface area contributed by atoms with Gasteiger partial charge in [-0.15, -0.1) is 0 Å². The van der Waals surface area contributed by atoms with Crippen molar-refractivity contribution in [3.8, 4) is 0 Å². The van der Waals surface area contributed by atoms with E-state index >= 15 is 0 Å². The van der Waals surface area contributed by atoms with Crippen molar-refractivity contribution in [3.63, 3.8) is 0 Å². The molecule has 0 spiro atoms. The Labute approximate surface area is 119 Å². The third-order valence-electron chi connectivity index (χ3n) is 4.66. The summed E-state index contributed by atoms with van der Waals surface area (Å²) in [7, 11) is 0. The molecule has 112 valence electrons. The zero-order valence-corrected chi connectivity index (χ0v) is 13.2. The van der Waals surface area contributed by atoms with Crippen LogP contribution in [0.2, 0.25) is 0 Å². The van der Waals surface area contributed by atoms with Crippen LogP contribution in [0.25, 0.3) is 0 Å². The van der Waals surface area contributed by atoms with E-state index in [-0.39, 0.29) is 0 Å². The van der Waals surface area contributed by atoms with E-state index in [0.29, 0.717) is 0 Å². The number of hydrogen-bond donors (Lipinski definition) is 1. The molecule has 0 radical (unpaired) electrons. The fourth-order valence-electron chi connectivity index (χ4n) is 3.73. The molecule has 0 bridgehead atoms. The molecule has 1 atom stereocenters. The minimum absolute atomic E-state index is 0.724. The smallest absolute Gasteiger partial charge is 0.0198 e. The van der Waals surface area contributed by atoms with Crippen LogP contribution in [0.3, 0.4) is 0 Å². The topological polar surface area (TPSA) is 18.5 Å². The standard InChI is InChI=1S/C16H33N3/c1-4-8-18-9-5-16(6-10-18)19-11-7-17-15(13-19)12-14(2)3/h14-17H,4-13H2,1-3H3. The lowest BCUT2D eigenvalue weighted by atomic mass is 9.98. The highest BCUT2D eigenvalue weighted by Gasteiger charge is 2.28. The van der Waals surface area contributed by atoms with E-state index in [1.165, 1.54) is 65.0 Å². The van der Waals surface area contributed by atoms with Gasteiger partial charge in [0.15, 0.2) is 0 Å². The van der Waals surface area contributed by atoms with Crippen LogP contribution in [-0.4, -0.2) is 61.2 Å². The second kappa shape index (κ2) is 7.61. The Morgan fingerprint density at radius 1 is 1.16 bits per heavy atom. The van der Waals surface area contributed by atoms with Crippen LogP contribution in [-0.2, 0) is 0 Å². The van der Waals surface area contributed by atoms with Gasteiger partial charge in [-0.3, -0.25) is 4.90 Å². The Morgan fingerprint density at radius 2 is 1.89 bits per heavy atom. The molecule has 3 nitrogen and oxygen atoms in total. The normalized spacial score (nSPS) is 28.1. The minimum atomic E-state index is 0.724. The predicted octanol–water partition coefficient (Wildman–Crippen LogP) is 2.18. The van der Waals surface area contributed by atoms with Crippen molar-refractivity contribution in [2.24, 2.45) is 5.92 Å². The van der Waals surface area contributed by atoms with Crippen molar-refractivity contribution < 1.29 is 0 Å². The first-order chi connectivity index (χ1) is 9.19. The van der Waals surface area contributed by atoms with Crippen LogP contribution in [0.1, 0.15) is 46.5 Å². The number of piperidine rings is 1. The minimum Gasteiger partial charge on any atom is -0.311 e. The Hall–Kier alpha value is -0.120. The number of piperazine rings is 1. The maximum atomic E-state index is 3.70. The number of nitrogens with one attached hydrogen (secondary N) is 1. The highest BCUT2D eigenvalue weighted by molar-refractivity contribution is 4.86. The number of likely N-dealkylation sites (tertiary alicyclic amines) is 1. The molecule has 2 heterocycles. The largest absolute Gasteiger partial charge is 0.311 e. The first-order valence-corrected chi connectivity index (χ1v) is 8.38. The maximum absolute atomic E-state index is 3.70. The van der Waals surface area contributed by atoms with E-state index in [1.807, 2.05) is 0 Å². The molecule has 0 aromatic carbocycles. The monoisotopic (exact) mass is 267 g/mol. The van der Waals surface area contributed by atoms with Gasteiger partial charge in [0, 0.05) is 31.7 Å².